The van der Waals surface area contributed by atoms with E-state index in [-0.39, 0.29) is 0 Å². The topological polar surface area (TPSA) is 84.2 Å². The Morgan fingerprint density at radius 2 is 0.433 bits per heavy atom. The van der Waals surface area contributed by atoms with Gasteiger partial charge in [0.25, 0.3) is 0 Å². The van der Waals surface area contributed by atoms with Crippen molar-refractivity contribution in [1.82, 2.24) is 43.2 Å². The first kappa shape index (κ1) is 87.6. The highest BCUT2D eigenvalue weighted by Gasteiger charge is 2.26. The molecule has 0 spiro atoms. The monoisotopic (exact) mass is 1910 g/mol. The molecule has 9 nitrogen and oxygen atoms in total. The van der Waals surface area contributed by atoms with Crippen molar-refractivity contribution in [3.05, 3.63) is 552 Å². The molecule has 0 saturated heterocycles. The molecule has 9 heteroatoms. The van der Waals surface area contributed by atoms with Crippen LogP contribution in [-0.2, 0) is 0 Å². The van der Waals surface area contributed by atoms with Crippen LogP contribution in [0.15, 0.2) is 552 Å². The number of fused-ring (bicyclic) bond motifs is 19. The molecule has 700 valence electrons. The SMILES string of the molecule is c1ccc(-c2ccc(-c3ccc(-c4nc(-n5c6cc(-c7ccccc7)ccc6c6c7ccccc7ccc65)nc5ccccc45)cc3)cc2)cc1.c1ccc(-c2cccc(-c3cc(-n4c5ccccc5c5cc(-c6ccc7c(c6)c6ccccc6n7-c6ccccc6)ccc54)nc4ccccc34)c2)cc1.c1ccc(-c2cccc(-c3nc(-n4c5cc(-c6ccccc6)ccc5c5c6ccccc6ccc54)nc4ccccc34)c2)cc1. The van der Waals surface area contributed by atoms with Gasteiger partial charge in [-0.15, -0.1) is 0 Å². The fourth-order valence-electron chi connectivity index (χ4n) is 22.6. The van der Waals surface area contributed by atoms with Crippen molar-refractivity contribution in [3.63, 3.8) is 0 Å². The van der Waals surface area contributed by atoms with Crippen molar-refractivity contribution in [2.45, 2.75) is 0 Å². The highest BCUT2D eigenvalue weighted by atomic mass is 15.2. The zero-order valence-electron chi connectivity index (χ0n) is 81.6. The van der Waals surface area contributed by atoms with Crippen LogP contribution in [0.2, 0.25) is 0 Å². The quantitative estimate of drug-likeness (QED) is 0.108. The van der Waals surface area contributed by atoms with Crippen LogP contribution in [0, 0.1) is 0 Å². The Morgan fingerprint density at radius 3 is 0.900 bits per heavy atom. The summed E-state index contributed by atoms with van der Waals surface area (Å²) in [7, 11) is 0. The van der Waals surface area contributed by atoms with Gasteiger partial charge in [-0.2, -0.15) is 0 Å². The van der Waals surface area contributed by atoms with Crippen LogP contribution in [0.5, 0.6) is 0 Å². The first-order valence-electron chi connectivity index (χ1n) is 51.1. The van der Waals surface area contributed by atoms with Crippen molar-refractivity contribution in [2.24, 2.45) is 0 Å². The minimum atomic E-state index is 0.657. The van der Waals surface area contributed by atoms with Crippen LogP contribution < -0.4 is 0 Å². The van der Waals surface area contributed by atoms with Gasteiger partial charge in [0.1, 0.15) is 5.82 Å². The number of pyridine rings is 1. The van der Waals surface area contributed by atoms with Gasteiger partial charge in [-0.05, 0) is 220 Å². The summed E-state index contributed by atoms with van der Waals surface area (Å²) in [5.74, 6) is 2.22. The van der Waals surface area contributed by atoms with Gasteiger partial charge < -0.3 is 4.57 Å². The van der Waals surface area contributed by atoms with Gasteiger partial charge in [-0.3, -0.25) is 13.7 Å². The summed E-state index contributed by atoms with van der Waals surface area (Å²) < 4.78 is 9.21. The standard InChI is InChI=1S/C51H33N3.C48H31N3.C42H27N3/c1-3-14-34(15-4-1)35-16-13-17-38(30-35)43-33-51(52-46-23-10-7-20-40(43)46)54-48-25-12-9-22-42(48)45-32-37(27-29-50(45)54)36-26-28-49-44(31-36)41-21-8-11-24-47(41)53(49)39-18-5-2-6-19-39;1-3-11-32(12-4-1)34-19-21-35(22-20-34)36-23-25-38(26-24-36)47-41-17-9-10-18-43(41)49-48(50-47)51-44-30-28-37-15-7-8-16-40(37)46(44)42-29-27-39(31-45(42)51)33-13-5-2-6-14-33;1-3-12-28(13-4-1)31-17-11-18-33(26-31)41-35-20-9-10-21-37(35)43-42(44-41)45-38-25-23-30-16-7-8-19-34(30)40(38)36-24-22-32(27-39(36)45)29-14-5-2-6-15-29/h1-33H;1-31H;1-27H. The average molecular weight is 1910 g/mol. The molecule has 0 N–H and O–H groups in total. The number of para-hydroxylation sites is 6. The second kappa shape index (κ2) is 37.2. The van der Waals surface area contributed by atoms with Crippen molar-refractivity contribution < 1.29 is 0 Å². The minimum Gasteiger partial charge on any atom is -0.309 e. The van der Waals surface area contributed by atoms with E-state index < -0.39 is 0 Å². The maximum atomic E-state index is 5.40. The van der Waals surface area contributed by atoms with Gasteiger partial charge in [-0.1, -0.05) is 443 Å². The van der Waals surface area contributed by atoms with Crippen molar-refractivity contribution in [3.8, 4) is 135 Å². The molecule has 0 atom stereocenters. The van der Waals surface area contributed by atoms with Crippen molar-refractivity contribution in [1.29, 1.82) is 0 Å². The zero-order valence-corrected chi connectivity index (χ0v) is 81.6. The largest absolute Gasteiger partial charge is 0.309 e. The van der Waals surface area contributed by atoms with E-state index in [1.54, 1.807) is 0 Å². The predicted octanol–water partition coefficient (Wildman–Crippen LogP) is 36.9. The molecule has 23 aromatic carbocycles. The van der Waals surface area contributed by atoms with Gasteiger partial charge in [0.05, 0.1) is 72.1 Å². The summed E-state index contributed by atoms with van der Waals surface area (Å²) in [4.78, 5) is 26.6. The molecule has 0 bridgehead atoms. The van der Waals surface area contributed by atoms with Gasteiger partial charge in [-0.25, -0.2) is 24.9 Å². The molecule has 0 aliphatic carbocycles. The van der Waals surface area contributed by atoms with Crippen molar-refractivity contribution in [2.75, 3.05) is 0 Å². The lowest BCUT2D eigenvalue weighted by atomic mass is 9.96. The van der Waals surface area contributed by atoms with E-state index in [1.807, 2.05) is 0 Å². The molecule has 0 radical (unpaired) electrons. The van der Waals surface area contributed by atoms with E-state index in [2.05, 4.69) is 570 Å². The van der Waals surface area contributed by atoms with E-state index >= 15 is 0 Å². The van der Waals surface area contributed by atoms with Gasteiger partial charge >= 0.3 is 0 Å². The highest BCUT2D eigenvalue weighted by molar-refractivity contribution is 6.24. The molecule has 0 saturated carbocycles. The summed E-state index contributed by atoms with van der Waals surface area (Å²) >= 11 is 0. The Labute approximate surface area is 865 Å². The molecule has 0 fully saturated rings. The molecule has 0 aliphatic rings. The summed E-state index contributed by atoms with van der Waals surface area (Å²) in [5, 5.41) is 17.8. The van der Waals surface area contributed by atoms with E-state index in [1.165, 1.54) is 154 Å². The van der Waals surface area contributed by atoms with E-state index in [0.717, 1.165) is 111 Å². The average Bonchev–Trinajstić information content (AvgIpc) is 1.58. The Morgan fingerprint density at radius 1 is 0.133 bits per heavy atom. The number of benzene rings is 23. The summed E-state index contributed by atoms with van der Waals surface area (Å²) in [6.07, 6.45) is 0. The van der Waals surface area contributed by atoms with Gasteiger partial charge in [0, 0.05) is 76.1 Å². The molecular formula is C141H91N9. The van der Waals surface area contributed by atoms with Crippen LogP contribution >= 0.6 is 0 Å². The lowest BCUT2D eigenvalue weighted by molar-refractivity contribution is 1.01. The van der Waals surface area contributed by atoms with Crippen LogP contribution in [0.3, 0.4) is 0 Å². The third kappa shape index (κ3) is 15.6. The molecule has 150 heavy (non-hydrogen) atoms. The molecule has 30 rings (SSSR count). The second-order valence-electron chi connectivity index (χ2n) is 38.5. The number of hydrogen-bond acceptors (Lipinski definition) is 5. The van der Waals surface area contributed by atoms with Crippen LogP contribution in [-0.4, -0.2) is 43.2 Å². The molecular weight excluding hydrogens is 1820 g/mol. The Bertz CT molecular complexity index is 10500. The maximum Gasteiger partial charge on any atom is 0.235 e. The van der Waals surface area contributed by atoms with Crippen LogP contribution in [0.4, 0.5) is 0 Å². The van der Waals surface area contributed by atoms with Crippen LogP contribution in [0.25, 0.3) is 276 Å². The smallest absolute Gasteiger partial charge is 0.235 e. The molecule has 0 unspecified atom stereocenters. The van der Waals surface area contributed by atoms with E-state index in [0.29, 0.717) is 11.9 Å². The lowest BCUT2D eigenvalue weighted by Crippen LogP contribution is -2.03. The number of nitrogens with zero attached hydrogens (tertiary/aromatic N) is 9. The van der Waals surface area contributed by atoms with E-state index in [9.17, 15) is 0 Å². The third-order valence-corrected chi connectivity index (χ3v) is 29.7. The lowest BCUT2D eigenvalue weighted by Gasteiger charge is -2.14. The maximum absolute atomic E-state index is 5.40. The summed E-state index contributed by atoms with van der Waals surface area (Å²) in [6, 6.07) is 197. The molecule has 7 aromatic heterocycles. The molecule has 0 aliphatic heterocycles. The summed E-state index contributed by atoms with van der Waals surface area (Å²) in [6.45, 7) is 0. The second-order valence-corrected chi connectivity index (χ2v) is 38.5. The number of aromatic nitrogens is 9. The minimum absolute atomic E-state index is 0.657. The predicted molar refractivity (Wildman–Crippen MR) is 628 cm³/mol. The Hall–Kier alpha value is -20.1. The zero-order chi connectivity index (χ0) is 99.1. The molecule has 7 heterocycles. The Kier molecular flexibility index (Phi) is 21.8. The highest BCUT2D eigenvalue weighted by Crippen LogP contribution is 2.47. The first-order valence-corrected chi connectivity index (χ1v) is 51.1. The Balaban J connectivity index is 0.000000108. The third-order valence-electron chi connectivity index (χ3n) is 29.7. The molecule has 30 aromatic rings. The van der Waals surface area contributed by atoms with Gasteiger partial charge in [0.2, 0.25) is 11.9 Å². The van der Waals surface area contributed by atoms with E-state index in [4.69, 9.17) is 24.9 Å². The molecule has 0 amide bonds. The van der Waals surface area contributed by atoms with Gasteiger partial charge in [0.15, 0.2) is 0 Å². The number of hydrogen-bond donors (Lipinski definition) is 0. The fourth-order valence-corrected chi connectivity index (χ4v) is 22.6. The summed E-state index contributed by atoms with van der Waals surface area (Å²) in [5.41, 5.74) is 35.9. The van der Waals surface area contributed by atoms with Crippen molar-refractivity contribution >= 4 is 141 Å². The first-order chi connectivity index (χ1) is 74.4. The van der Waals surface area contributed by atoms with Crippen LogP contribution in [0.1, 0.15) is 0 Å². The number of rotatable bonds is 14. The fraction of sp³-hybridized carbons (Fsp3) is 0. The normalized spacial score (nSPS) is 11.6.